The van der Waals surface area contributed by atoms with Gasteiger partial charge in [-0.3, -0.25) is 4.79 Å². The first-order valence-corrected chi connectivity index (χ1v) is 11.8. The maximum atomic E-state index is 14.1. The number of rotatable bonds is 8. The van der Waals surface area contributed by atoms with Gasteiger partial charge in [-0.1, -0.05) is 78.4 Å². The Bertz CT molecular complexity index is 1060. The molecule has 0 aliphatic rings. The predicted octanol–water partition coefficient (Wildman–Crippen LogP) is 4.94. The van der Waals surface area contributed by atoms with Gasteiger partial charge >= 0.3 is 5.97 Å². The number of carbonyl (C=O) groups is 1. The Labute approximate surface area is 184 Å². The summed E-state index contributed by atoms with van der Waals surface area (Å²) in [5.74, 6) is -0.726. The van der Waals surface area contributed by atoms with E-state index in [2.05, 4.69) is 0 Å². The molecular formula is C26H28O4S. The van der Waals surface area contributed by atoms with Gasteiger partial charge in [0.2, 0.25) is 0 Å². The average Bonchev–Trinajstić information content (AvgIpc) is 2.74. The van der Waals surface area contributed by atoms with Crippen LogP contribution < -0.4 is 0 Å². The number of hydrogen-bond acceptors (Lipinski definition) is 4. The Morgan fingerprint density at radius 1 is 0.806 bits per heavy atom. The van der Waals surface area contributed by atoms with E-state index in [1.807, 2.05) is 67.6 Å². The molecule has 5 heteroatoms. The van der Waals surface area contributed by atoms with Crippen molar-refractivity contribution in [3.63, 3.8) is 0 Å². The van der Waals surface area contributed by atoms with Crippen molar-refractivity contribution in [2.45, 2.75) is 49.4 Å². The third-order valence-corrected chi connectivity index (χ3v) is 7.60. The molecule has 3 aromatic carbocycles. The lowest BCUT2D eigenvalue weighted by molar-refractivity contribution is -0.150. The van der Waals surface area contributed by atoms with Crippen LogP contribution in [0.3, 0.4) is 0 Å². The number of ether oxygens (including phenoxy) is 1. The lowest BCUT2D eigenvalue weighted by Crippen LogP contribution is -2.52. The van der Waals surface area contributed by atoms with E-state index in [4.69, 9.17) is 4.74 Å². The van der Waals surface area contributed by atoms with Crippen molar-refractivity contribution < 1.29 is 17.9 Å². The highest BCUT2D eigenvalue weighted by atomic mass is 32.2. The van der Waals surface area contributed by atoms with Crippen molar-refractivity contribution in [2.75, 3.05) is 0 Å². The van der Waals surface area contributed by atoms with Gasteiger partial charge in [0.1, 0.15) is 0 Å². The highest BCUT2D eigenvalue weighted by molar-refractivity contribution is 7.93. The Hall–Kier alpha value is -2.92. The molecular weight excluding hydrogens is 408 g/mol. The average molecular weight is 437 g/mol. The third kappa shape index (κ3) is 5.05. The number of hydrogen-bond donors (Lipinski definition) is 0. The molecule has 3 aromatic rings. The number of esters is 1. The van der Waals surface area contributed by atoms with Crippen LogP contribution >= 0.6 is 0 Å². The summed E-state index contributed by atoms with van der Waals surface area (Å²) in [7, 11) is -4.10. The molecule has 0 unspecified atom stereocenters. The number of aryl methyl sites for hydroxylation is 1. The number of sulfone groups is 1. The Morgan fingerprint density at radius 2 is 1.26 bits per heavy atom. The molecule has 31 heavy (non-hydrogen) atoms. The van der Waals surface area contributed by atoms with Gasteiger partial charge in [0.25, 0.3) is 0 Å². The summed E-state index contributed by atoms with van der Waals surface area (Å²) in [6.07, 6.45) is -0.402. The van der Waals surface area contributed by atoms with Gasteiger partial charge in [-0.2, -0.15) is 0 Å². The summed E-state index contributed by atoms with van der Waals surface area (Å²) in [5, 5.41) is 0. The maximum absolute atomic E-state index is 14.1. The zero-order valence-corrected chi connectivity index (χ0v) is 18.9. The van der Waals surface area contributed by atoms with Crippen LogP contribution in [0.2, 0.25) is 0 Å². The molecule has 162 valence electrons. The maximum Gasteiger partial charge on any atom is 0.328 e. The van der Waals surface area contributed by atoms with Crippen LogP contribution in [0.4, 0.5) is 0 Å². The van der Waals surface area contributed by atoms with Gasteiger partial charge in [-0.05, 0) is 44.0 Å². The molecule has 3 rings (SSSR count). The minimum absolute atomic E-state index is 0.0184. The topological polar surface area (TPSA) is 60.4 Å². The van der Waals surface area contributed by atoms with Crippen molar-refractivity contribution in [1.29, 1.82) is 0 Å². The van der Waals surface area contributed by atoms with Gasteiger partial charge in [0.05, 0.1) is 11.0 Å². The minimum atomic E-state index is -4.10. The molecule has 0 aromatic heterocycles. The highest BCUT2D eigenvalue weighted by Crippen LogP contribution is 2.35. The molecule has 0 N–H and O–H groups in total. The highest BCUT2D eigenvalue weighted by Gasteiger charge is 2.53. The van der Waals surface area contributed by atoms with Gasteiger partial charge in [0.15, 0.2) is 14.6 Å². The van der Waals surface area contributed by atoms with Crippen LogP contribution in [0.1, 0.15) is 30.5 Å². The molecule has 0 saturated heterocycles. The summed E-state index contributed by atoms with van der Waals surface area (Å²) < 4.78 is 32.0. The number of benzene rings is 3. The molecule has 0 saturated carbocycles. The first-order chi connectivity index (χ1) is 14.7. The van der Waals surface area contributed by atoms with Crippen molar-refractivity contribution in [3.05, 3.63) is 102 Å². The van der Waals surface area contributed by atoms with Crippen molar-refractivity contribution in [2.24, 2.45) is 0 Å². The molecule has 0 bridgehead atoms. The first kappa shape index (κ1) is 22.8. The van der Waals surface area contributed by atoms with E-state index in [0.29, 0.717) is 0 Å². The van der Waals surface area contributed by atoms with Crippen molar-refractivity contribution in [1.82, 2.24) is 0 Å². The summed E-state index contributed by atoms with van der Waals surface area (Å²) in [6, 6.07) is 25.1. The molecule has 0 aliphatic heterocycles. The van der Waals surface area contributed by atoms with Gasteiger partial charge < -0.3 is 4.74 Å². The minimum Gasteiger partial charge on any atom is -0.462 e. The monoisotopic (exact) mass is 436 g/mol. The second-order valence-electron chi connectivity index (χ2n) is 8.09. The molecule has 0 fully saturated rings. The first-order valence-electron chi connectivity index (χ1n) is 10.3. The molecule has 0 heterocycles. The zero-order valence-electron chi connectivity index (χ0n) is 18.1. The Balaban J connectivity index is 2.23. The quantitative estimate of drug-likeness (QED) is 0.469. The van der Waals surface area contributed by atoms with Crippen LogP contribution in [-0.2, 0) is 32.2 Å². The van der Waals surface area contributed by atoms with Crippen molar-refractivity contribution >= 4 is 15.8 Å². The third-order valence-electron chi connectivity index (χ3n) is 5.23. The van der Waals surface area contributed by atoms with E-state index < -0.39 is 26.7 Å². The lowest BCUT2D eigenvalue weighted by Gasteiger charge is -2.32. The largest absolute Gasteiger partial charge is 0.462 e. The zero-order chi connectivity index (χ0) is 22.5. The summed E-state index contributed by atoms with van der Waals surface area (Å²) >= 11 is 0. The summed E-state index contributed by atoms with van der Waals surface area (Å²) in [4.78, 5) is 13.7. The van der Waals surface area contributed by atoms with Crippen LogP contribution in [0.15, 0.2) is 89.8 Å². The number of carbonyl (C=O) groups excluding carboxylic acids is 1. The molecule has 0 aliphatic carbocycles. The lowest BCUT2D eigenvalue weighted by atomic mass is 9.91. The van der Waals surface area contributed by atoms with Crippen LogP contribution in [0, 0.1) is 6.92 Å². The molecule has 0 atom stereocenters. The molecule has 4 nitrogen and oxygen atoms in total. The Morgan fingerprint density at radius 3 is 1.68 bits per heavy atom. The van der Waals surface area contributed by atoms with E-state index in [-0.39, 0.29) is 17.7 Å². The van der Waals surface area contributed by atoms with E-state index in [1.165, 1.54) is 0 Å². The normalized spacial score (nSPS) is 12.0. The SMILES string of the molecule is Cc1ccc(S(=O)(=O)C(Cc2ccccc2)(Cc2ccccc2)C(=O)OC(C)C)cc1. The van der Waals surface area contributed by atoms with Gasteiger partial charge in [-0.25, -0.2) is 8.42 Å². The second-order valence-corrected chi connectivity index (χ2v) is 10.3. The Kier molecular flexibility index (Phi) is 6.96. The molecule has 0 amide bonds. The van der Waals surface area contributed by atoms with Crippen LogP contribution in [0.5, 0.6) is 0 Å². The van der Waals surface area contributed by atoms with Gasteiger partial charge in [-0.15, -0.1) is 0 Å². The van der Waals surface area contributed by atoms with Gasteiger partial charge in [0, 0.05) is 12.8 Å². The van der Waals surface area contributed by atoms with E-state index in [9.17, 15) is 13.2 Å². The standard InChI is InChI=1S/C26H28O4S/c1-20(2)30-25(27)26(18-22-10-6-4-7-11-22,19-23-12-8-5-9-13-23)31(28,29)24-16-14-21(3)15-17-24/h4-17,20H,18-19H2,1-3H3. The van der Waals surface area contributed by atoms with E-state index in [1.54, 1.807) is 38.1 Å². The summed E-state index contributed by atoms with van der Waals surface area (Å²) in [5.41, 5.74) is 2.46. The second kappa shape index (κ2) is 9.48. The summed E-state index contributed by atoms with van der Waals surface area (Å²) in [6.45, 7) is 5.35. The fourth-order valence-electron chi connectivity index (χ4n) is 3.62. The fourth-order valence-corrected chi connectivity index (χ4v) is 5.55. The predicted molar refractivity (Wildman–Crippen MR) is 123 cm³/mol. The molecule has 0 radical (unpaired) electrons. The van der Waals surface area contributed by atoms with Crippen LogP contribution in [0.25, 0.3) is 0 Å². The van der Waals surface area contributed by atoms with E-state index >= 15 is 0 Å². The fraction of sp³-hybridized carbons (Fsp3) is 0.269. The van der Waals surface area contributed by atoms with Crippen molar-refractivity contribution in [3.8, 4) is 0 Å². The van der Waals surface area contributed by atoms with E-state index in [0.717, 1.165) is 16.7 Å². The smallest absolute Gasteiger partial charge is 0.328 e. The molecule has 0 spiro atoms. The van der Waals surface area contributed by atoms with Crippen LogP contribution in [-0.4, -0.2) is 25.2 Å².